The predicted octanol–water partition coefficient (Wildman–Crippen LogP) is 3.10. The van der Waals surface area contributed by atoms with E-state index in [1.165, 1.54) is 12.1 Å². The van der Waals surface area contributed by atoms with Gasteiger partial charge in [-0.1, -0.05) is 24.3 Å². The molecule has 1 fully saturated rings. The summed E-state index contributed by atoms with van der Waals surface area (Å²) in [5.74, 6) is 0. The molecule has 1 aliphatic heterocycles. The highest BCUT2D eigenvalue weighted by Gasteiger charge is 2.65. The van der Waals surface area contributed by atoms with Gasteiger partial charge in [-0.05, 0) is 38.8 Å². The Hall–Kier alpha value is -1.80. The first-order valence-corrected chi connectivity index (χ1v) is 7.16. The highest BCUT2D eigenvalue weighted by molar-refractivity contribution is 5.68. The van der Waals surface area contributed by atoms with Crippen molar-refractivity contribution in [3.8, 4) is 0 Å². The number of benzene rings is 1. The number of carbonyl (C=O) groups is 1. The summed E-state index contributed by atoms with van der Waals surface area (Å²) >= 11 is 0. The Morgan fingerprint density at radius 1 is 1.17 bits per heavy atom. The quantitative estimate of drug-likeness (QED) is 0.743. The van der Waals surface area contributed by atoms with Crippen molar-refractivity contribution < 1.29 is 22.7 Å². The van der Waals surface area contributed by atoms with Crippen molar-refractivity contribution >= 4 is 6.09 Å². The van der Waals surface area contributed by atoms with E-state index in [1.807, 2.05) is 0 Å². The Kier molecular flexibility index (Phi) is 4.34. The van der Waals surface area contributed by atoms with Gasteiger partial charge >= 0.3 is 12.3 Å². The van der Waals surface area contributed by atoms with E-state index in [1.54, 1.807) is 39.8 Å². The summed E-state index contributed by atoms with van der Waals surface area (Å²) in [7, 11) is 0. The van der Waals surface area contributed by atoms with Crippen molar-refractivity contribution in [2.75, 3.05) is 0 Å². The van der Waals surface area contributed by atoms with Gasteiger partial charge in [0.05, 0.1) is 6.04 Å². The van der Waals surface area contributed by atoms with Gasteiger partial charge in [-0.3, -0.25) is 0 Å². The molecule has 0 saturated carbocycles. The zero-order chi connectivity index (χ0) is 17.5. The molecule has 0 aliphatic carbocycles. The third kappa shape index (κ3) is 3.94. The SMILES string of the molecule is CC(NC(=O)OC(C)(C)C)c1ccc(C2(C(F)(F)F)NN2)cc1. The summed E-state index contributed by atoms with van der Waals surface area (Å²) < 4.78 is 44.1. The van der Waals surface area contributed by atoms with Gasteiger partial charge in [0.25, 0.3) is 0 Å². The lowest BCUT2D eigenvalue weighted by atomic mass is 10.00. The monoisotopic (exact) mass is 331 g/mol. The fourth-order valence-corrected chi connectivity index (χ4v) is 2.10. The van der Waals surface area contributed by atoms with Crippen molar-refractivity contribution in [3.63, 3.8) is 0 Å². The Bertz CT molecular complexity index is 575. The maximum Gasteiger partial charge on any atom is 0.426 e. The number of alkyl carbamates (subject to hydrolysis) is 1. The van der Waals surface area contributed by atoms with Crippen LogP contribution in [-0.2, 0) is 10.4 Å². The molecular formula is C15H20F3N3O2. The highest BCUT2D eigenvalue weighted by Crippen LogP contribution is 2.42. The van der Waals surface area contributed by atoms with Crippen LogP contribution < -0.4 is 16.2 Å². The average Bonchev–Trinajstić information content (AvgIpc) is 3.17. The van der Waals surface area contributed by atoms with Gasteiger partial charge < -0.3 is 10.1 Å². The topological polar surface area (TPSA) is 82.2 Å². The van der Waals surface area contributed by atoms with Crippen LogP contribution in [0.25, 0.3) is 0 Å². The Morgan fingerprint density at radius 3 is 2.09 bits per heavy atom. The first-order valence-electron chi connectivity index (χ1n) is 7.16. The maximum atomic E-state index is 13.0. The van der Waals surface area contributed by atoms with Crippen LogP contribution in [0.5, 0.6) is 0 Å². The lowest BCUT2D eigenvalue weighted by Gasteiger charge is -2.22. The van der Waals surface area contributed by atoms with Gasteiger partial charge in [0.15, 0.2) is 0 Å². The van der Waals surface area contributed by atoms with Gasteiger partial charge in [-0.2, -0.15) is 13.2 Å². The molecule has 23 heavy (non-hydrogen) atoms. The minimum Gasteiger partial charge on any atom is -0.444 e. The summed E-state index contributed by atoms with van der Waals surface area (Å²) in [4.78, 5) is 11.7. The maximum absolute atomic E-state index is 13.0. The van der Waals surface area contributed by atoms with Crippen LogP contribution >= 0.6 is 0 Å². The third-order valence-corrected chi connectivity index (χ3v) is 3.38. The number of hydrogen-bond acceptors (Lipinski definition) is 4. The highest BCUT2D eigenvalue weighted by atomic mass is 19.4. The molecule has 3 N–H and O–H groups in total. The van der Waals surface area contributed by atoms with Crippen LogP contribution in [0, 0.1) is 0 Å². The first kappa shape index (κ1) is 17.6. The second kappa shape index (κ2) is 5.68. The lowest BCUT2D eigenvalue weighted by molar-refractivity contribution is -0.165. The summed E-state index contributed by atoms with van der Waals surface area (Å²) in [6.07, 6.45) is -5.01. The number of rotatable bonds is 3. The summed E-state index contributed by atoms with van der Waals surface area (Å²) in [6.45, 7) is 6.97. The second-order valence-corrected chi connectivity index (χ2v) is 6.49. The molecule has 0 bridgehead atoms. The fraction of sp³-hybridized carbons (Fsp3) is 0.533. The summed E-state index contributed by atoms with van der Waals surface area (Å²) in [5, 5.41) is 2.64. The second-order valence-electron chi connectivity index (χ2n) is 6.49. The number of nitrogens with one attached hydrogen (secondary N) is 3. The molecule has 128 valence electrons. The predicted molar refractivity (Wildman–Crippen MR) is 78.2 cm³/mol. The average molecular weight is 331 g/mol. The van der Waals surface area contributed by atoms with E-state index in [0.717, 1.165) is 0 Å². The number of hydrogen-bond donors (Lipinski definition) is 3. The van der Waals surface area contributed by atoms with Crippen molar-refractivity contribution in [2.45, 2.75) is 51.2 Å². The van der Waals surface area contributed by atoms with E-state index < -0.39 is 23.5 Å². The Labute approximate surface area is 132 Å². The van der Waals surface area contributed by atoms with E-state index in [2.05, 4.69) is 16.2 Å². The molecular weight excluding hydrogens is 311 g/mol. The van der Waals surface area contributed by atoms with Crippen LogP contribution in [0.15, 0.2) is 24.3 Å². The lowest BCUT2D eigenvalue weighted by Crippen LogP contribution is -2.35. The first-order chi connectivity index (χ1) is 10.4. The van der Waals surface area contributed by atoms with Crippen LogP contribution in [0.1, 0.15) is 44.9 Å². The fourth-order valence-electron chi connectivity index (χ4n) is 2.10. The number of carbonyl (C=O) groups excluding carboxylic acids is 1. The van der Waals surface area contributed by atoms with E-state index in [-0.39, 0.29) is 11.6 Å². The molecule has 8 heteroatoms. The van der Waals surface area contributed by atoms with Gasteiger partial charge in [-0.15, -0.1) is 0 Å². The van der Waals surface area contributed by atoms with Gasteiger partial charge in [0.2, 0.25) is 5.66 Å². The normalized spacial score (nSPS) is 18.2. The molecule has 0 radical (unpaired) electrons. The Balaban J connectivity index is 2.04. The minimum atomic E-state index is -4.44. The van der Waals surface area contributed by atoms with Crippen molar-refractivity contribution in [1.82, 2.24) is 16.2 Å². The van der Waals surface area contributed by atoms with Gasteiger partial charge in [-0.25, -0.2) is 15.6 Å². The van der Waals surface area contributed by atoms with Crippen LogP contribution in [0.4, 0.5) is 18.0 Å². The molecule has 1 atom stereocenters. The molecule has 1 amide bonds. The van der Waals surface area contributed by atoms with Crippen LogP contribution in [-0.4, -0.2) is 17.9 Å². The zero-order valence-electron chi connectivity index (χ0n) is 13.3. The van der Waals surface area contributed by atoms with Crippen LogP contribution in [0.3, 0.4) is 0 Å². The summed E-state index contributed by atoms with van der Waals surface area (Å²) in [6, 6.07) is 5.46. The van der Waals surface area contributed by atoms with Crippen molar-refractivity contribution in [3.05, 3.63) is 35.4 Å². The molecule has 1 saturated heterocycles. The van der Waals surface area contributed by atoms with E-state index >= 15 is 0 Å². The van der Waals surface area contributed by atoms with Gasteiger partial charge in [0, 0.05) is 0 Å². The molecule has 1 heterocycles. The Morgan fingerprint density at radius 2 is 1.70 bits per heavy atom. The number of alkyl halides is 3. The largest absolute Gasteiger partial charge is 0.444 e. The molecule has 1 unspecified atom stereocenters. The van der Waals surface area contributed by atoms with E-state index in [4.69, 9.17) is 4.74 Å². The number of amides is 1. The molecule has 0 spiro atoms. The minimum absolute atomic E-state index is 0.0678. The van der Waals surface area contributed by atoms with Gasteiger partial charge in [0.1, 0.15) is 5.60 Å². The van der Waals surface area contributed by atoms with Crippen molar-refractivity contribution in [1.29, 1.82) is 0 Å². The third-order valence-electron chi connectivity index (χ3n) is 3.38. The molecule has 2 rings (SSSR count). The van der Waals surface area contributed by atoms with E-state index in [0.29, 0.717) is 5.56 Å². The molecule has 0 aromatic heterocycles. The zero-order valence-corrected chi connectivity index (χ0v) is 13.3. The van der Waals surface area contributed by atoms with Crippen molar-refractivity contribution in [2.24, 2.45) is 0 Å². The molecule has 1 aromatic rings. The number of hydrazine groups is 1. The number of ether oxygens (including phenoxy) is 1. The molecule has 1 aliphatic rings. The molecule has 1 aromatic carbocycles. The summed E-state index contributed by atoms with van der Waals surface area (Å²) in [5.41, 5.74) is 2.25. The standard InChI is InChI=1S/C15H20F3N3O2/c1-9(19-12(22)23-13(2,3)4)10-5-7-11(8-6-10)14(20-21-14)15(16,17)18/h5-9,20-21H,1-4H3,(H,19,22). The molecule has 5 nitrogen and oxygen atoms in total. The van der Waals surface area contributed by atoms with Crippen LogP contribution in [0.2, 0.25) is 0 Å². The smallest absolute Gasteiger partial charge is 0.426 e. The van der Waals surface area contributed by atoms with E-state index in [9.17, 15) is 18.0 Å². The number of halogens is 3.